The van der Waals surface area contributed by atoms with Gasteiger partial charge in [0.1, 0.15) is 18.4 Å². The maximum Gasteiger partial charge on any atom is 0.155 e. The summed E-state index contributed by atoms with van der Waals surface area (Å²) in [5, 5.41) is 3.91. The van der Waals surface area contributed by atoms with Gasteiger partial charge in [-0.15, -0.1) is 0 Å². The molecule has 0 radical (unpaired) electrons. The second kappa shape index (κ2) is 15.5. The molecule has 1 aliphatic carbocycles. The van der Waals surface area contributed by atoms with Crippen molar-refractivity contribution < 1.29 is 9.47 Å². The molecular formula is C26H37Cl2NO3S. The number of nitroso groups, excluding NO2 is 1. The summed E-state index contributed by atoms with van der Waals surface area (Å²) in [5.74, 6) is 2.79. The van der Waals surface area contributed by atoms with Crippen LogP contribution in [0.5, 0.6) is 0 Å². The maximum absolute atomic E-state index is 11.0. The first-order valence-electron chi connectivity index (χ1n) is 11.3. The van der Waals surface area contributed by atoms with Gasteiger partial charge in [0.2, 0.25) is 0 Å². The summed E-state index contributed by atoms with van der Waals surface area (Å²) in [6.45, 7) is 15.1. The highest BCUT2D eigenvalue weighted by atomic mass is 35.5. The number of halogens is 2. The van der Waals surface area contributed by atoms with Gasteiger partial charge in [0.15, 0.2) is 5.76 Å². The van der Waals surface area contributed by atoms with Crippen LogP contribution in [0.1, 0.15) is 53.9 Å². The summed E-state index contributed by atoms with van der Waals surface area (Å²) in [4.78, 5) is 11.0. The molecule has 0 unspecified atom stereocenters. The van der Waals surface area contributed by atoms with Crippen molar-refractivity contribution in [3.8, 4) is 0 Å². The smallest absolute Gasteiger partial charge is 0.155 e. The topological polar surface area (TPSA) is 47.9 Å². The van der Waals surface area contributed by atoms with Crippen LogP contribution in [0.4, 0.5) is 0 Å². The Morgan fingerprint density at radius 2 is 2.03 bits per heavy atom. The molecule has 0 aromatic heterocycles. The Labute approximate surface area is 213 Å². The van der Waals surface area contributed by atoms with Gasteiger partial charge in [-0.05, 0) is 49.3 Å². The van der Waals surface area contributed by atoms with Gasteiger partial charge >= 0.3 is 0 Å². The number of allylic oxidation sites excluding steroid dienone is 9. The molecule has 0 bridgehead atoms. The number of nitrogens with zero attached hydrogens (tertiary/aromatic N) is 1. The van der Waals surface area contributed by atoms with Gasteiger partial charge in [-0.3, -0.25) is 0 Å². The molecule has 7 heteroatoms. The van der Waals surface area contributed by atoms with Crippen LogP contribution in [-0.4, -0.2) is 30.8 Å². The third kappa shape index (κ3) is 10.2. The van der Waals surface area contributed by atoms with Crippen molar-refractivity contribution in [1.29, 1.82) is 0 Å². The summed E-state index contributed by atoms with van der Waals surface area (Å²) in [5.41, 5.74) is 1.91. The van der Waals surface area contributed by atoms with Gasteiger partial charge in [-0.2, -0.15) is 16.7 Å². The van der Waals surface area contributed by atoms with Crippen LogP contribution >= 0.6 is 35.0 Å². The molecule has 1 atom stereocenters. The fourth-order valence-electron chi connectivity index (χ4n) is 2.99. The molecule has 0 aromatic carbocycles. The van der Waals surface area contributed by atoms with E-state index >= 15 is 0 Å². The van der Waals surface area contributed by atoms with E-state index in [1.54, 1.807) is 11.8 Å². The zero-order chi connectivity index (χ0) is 24.9. The number of hydrogen-bond acceptors (Lipinski definition) is 5. The average Bonchev–Trinajstić information content (AvgIpc) is 3.02. The SMILES string of the molecule is C=C(Cl)/C(OCCCC)=C(Cl)\C=C(/C)C(C)(C)C1=CCC=C(OC[C@@H](CSCC)N=O)C=C1. The molecule has 1 rings (SSSR count). The Morgan fingerprint density at radius 3 is 2.64 bits per heavy atom. The second-order valence-electron chi connectivity index (χ2n) is 8.30. The molecular weight excluding hydrogens is 477 g/mol. The summed E-state index contributed by atoms with van der Waals surface area (Å²) in [6.07, 6.45) is 12.7. The first-order valence-corrected chi connectivity index (χ1v) is 13.3. The minimum Gasteiger partial charge on any atom is -0.492 e. The van der Waals surface area contributed by atoms with Crippen LogP contribution in [0.15, 0.2) is 74.9 Å². The number of unbranched alkanes of at least 4 members (excludes halogenated alkanes) is 1. The average molecular weight is 515 g/mol. The largest absolute Gasteiger partial charge is 0.492 e. The Kier molecular flexibility index (Phi) is 13.9. The lowest BCUT2D eigenvalue weighted by molar-refractivity contribution is 0.210. The van der Waals surface area contributed by atoms with Gasteiger partial charge in [0, 0.05) is 11.2 Å². The fourth-order valence-corrected chi connectivity index (χ4v) is 4.20. The zero-order valence-electron chi connectivity index (χ0n) is 20.5. The van der Waals surface area contributed by atoms with Crippen molar-refractivity contribution in [2.24, 2.45) is 10.6 Å². The van der Waals surface area contributed by atoms with Crippen LogP contribution in [0, 0.1) is 10.3 Å². The van der Waals surface area contributed by atoms with E-state index in [0.717, 1.165) is 41.9 Å². The molecule has 4 nitrogen and oxygen atoms in total. The monoisotopic (exact) mass is 513 g/mol. The van der Waals surface area contributed by atoms with Gasteiger partial charge < -0.3 is 9.47 Å². The standard InChI is InChI=1S/C26H37Cl2NO3S/c1-7-9-15-31-25(20(4)27)24(28)16-19(3)26(5,6)21-11-10-12-23(14-13-21)32-17-22(29-30)18-33-8-2/h11-14,16,22H,4,7-10,15,17-18H2,1-3,5-6H3/b19-16+,25-24-/t22-/m0/s1. The quantitative estimate of drug-likeness (QED) is 0.0950. The highest BCUT2D eigenvalue weighted by molar-refractivity contribution is 7.99. The third-order valence-corrected chi connectivity index (χ3v) is 6.93. The molecule has 0 N–H and O–H groups in total. The van der Waals surface area contributed by atoms with Crippen molar-refractivity contribution >= 4 is 35.0 Å². The number of rotatable bonds is 15. The summed E-state index contributed by atoms with van der Waals surface area (Å²) in [7, 11) is 0. The van der Waals surface area contributed by atoms with E-state index in [2.05, 4.69) is 51.6 Å². The Bertz CT molecular complexity index is 825. The molecule has 33 heavy (non-hydrogen) atoms. The van der Waals surface area contributed by atoms with E-state index in [1.165, 1.54) is 0 Å². The predicted molar refractivity (Wildman–Crippen MR) is 145 cm³/mol. The Morgan fingerprint density at radius 1 is 1.30 bits per heavy atom. The van der Waals surface area contributed by atoms with E-state index in [-0.39, 0.29) is 23.1 Å². The first-order chi connectivity index (χ1) is 15.7. The lowest BCUT2D eigenvalue weighted by Crippen LogP contribution is -2.16. The summed E-state index contributed by atoms with van der Waals surface area (Å²) in [6, 6.07) is -0.346. The Balaban J connectivity index is 2.94. The van der Waals surface area contributed by atoms with Crippen LogP contribution in [0.3, 0.4) is 0 Å². The van der Waals surface area contributed by atoms with E-state index < -0.39 is 0 Å². The maximum atomic E-state index is 11.0. The lowest BCUT2D eigenvalue weighted by atomic mass is 9.77. The summed E-state index contributed by atoms with van der Waals surface area (Å²) >= 11 is 14.4. The van der Waals surface area contributed by atoms with Gasteiger partial charge in [0.05, 0.1) is 16.7 Å². The molecule has 0 aliphatic heterocycles. The molecule has 0 heterocycles. The van der Waals surface area contributed by atoms with E-state index in [4.69, 9.17) is 32.7 Å². The number of ether oxygens (including phenoxy) is 2. The minimum atomic E-state index is -0.346. The molecule has 184 valence electrons. The molecule has 0 saturated heterocycles. The third-order valence-electron chi connectivity index (χ3n) is 5.45. The van der Waals surface area contributed by atoms with Crippen LogP contribution in [0.25, 0.3) is 0 Å². The Hall–Kier alpha value is -1.43. The van der Waals surface area contributed by atoms with Crippen molar-refractivity contribution in [1.82, 2.24) is 0 Å². The lowest BCUT2D eigenvalue weighted by Gasteiger charge is -2.28. The molecule has 1 aliphatic rings. The van der Waals surface area contributed by atoms with E-state index in [0.29, 0.717) is 23.2 Å². The van der Waals surface area contributed by atoms with Crippen molar-refractivity contribution in [3.63, 3.8) is 0 Å². The van der Waals surface area contributed by atoms with Crippen molar-refractivity contribution in [2.75, 3.05) is 24.7 Å². The van der Waals surface area contributed by atoms with Crippen LogP contribution in [-0.2, 0) is 9.47 Å². The van der Waals surface area contributed by atoms with Crippen molar-refractivity contribution in [3.05, 3.63) is 74.6 Å². The van der Waals surface area contributed by atoms with Gasteiger partial charge in [0.25, 0.3) is 0 Å². The molecule has 0 aromatic rings. The van der Waals surface area contributed by atoms with Gasteiger partial charge in [-0.25, -0.2) is 0 Å². The predicted octanol–water partition coefficient (Wildman–Crippen LogP) is 8.65. The molecule has 0 saturated carbocycles. The molecule has 0 fully saturated rings. The molecule has 0 spiro atoms. The number of hydrogen-bond donors (Lipinski definition) is 0. The second-order valence-corrected chi connectivity index (χ2v) is 10.5. The fraction of sp³-hybridized carbons (Fsp3) is 0.538. The minimum absolute atomic E-state index is 0.285. The highest BCUT2D eigenvalue weighted by Crippen LogP contribution is 2.38. The molecule has 0 amide bonds. The van der Waals surface area contributed by atoms with Crippen molar-refractivity contribution in [2.45, 2.75) is 59.9 Å². The zero-order valence-corrected chi connectivity index (χ0v) is 22.8. The summed E-state index contributed by atoms with van der Waals surface area (Å²) < 4.78 is 11.6. The number of thioether (sulfide) groups is 1. The van der Waals surface area contributed by atoms with Crippen LogP contribution in [0.2, 0.25) is 0 Å². The van der Waals surface area contributed by atoms with Crippen LogP contribution < -0.4 is 0 Å². The van der Waals surface area contributed by atoms with Gasteiger partial charge in [-0.1, -0.05) is 86.8 Å². The first kappa shape index (κ1) is 29.6. The van der Waals surface area contributed by atoms with E-state index in [9.17, 15) is 4.91 Å². The van der Waals surface area contributed by atoms with E-state index in [1.807, 2.05) is 25.2 Å². The normalized spacial score (nSPS) is 16.3. The highest BCUT2D eigenvalue weighted by Gasteiger charge is 2.25.